The quantitative estimate of drug-likeness (QED) is 0.130. The predicted octanol–water partition coefficient (Wildman–Crippen LogP) is 5.21. The van der Waals surface area contributed by atoms with Crippen molar-refractivity contribution in [3.8, 4) is 0 Å². The second-order valence-corrected chi connectivity index (χ2v) is 12.1. The molecular weight excluding hydrogens is 654 g/mol. The highest BCUT2D eigenvalue weighted by atomic mass is 16.4. The molecule has 0 saturated carbocycles. The summed E-state index contributed by atoms with van der Waals surface area (Å²) in [5, 5.41) is 43.6. The van der Waals surface area contributed by atoms with Crippen LogP contribution in [0.2, 0.25) is 0 Å². The maximum Gasteiger partial charge on any atom is 0.303 e. The van der Waals surface area contributed by atoms with E-state index in [1.54, 1.807) is 6.08 Å². The number of carboxylic acid groups (broad SMARTS) is 2. The molecule has 0 atom stereocenters. The summed E-state index contributed by atoms with van der Waals surface area (Å²) in [5.41, 5.74) is 13.7. The van der Waals surface area contributed by atoms with Crippen LogP contribution in [0.5, 0.6) is 0 Å². The number of allylic oxidation sites excluding steroid dienone is 5. The molecule has 0 spiro atoms. The zero-order valence-corrected chi connectivity index (χ0v) is 29.1. The van der Waals surface area contributed by atoms with Gasteiger partial charge in [-0.3, -0.25) is 19.3 Å². The lowest BCUT2D eigenvalue weighted by molar-refractivity contribution is -0.142. The minimum atomic E-state index is -0.883. The molecule has 7 N–H and O–H groups in total. The number of carboxylic acids is 2. The first-order valence-electron chi connectivity index (χ1n) is 16.2. The largest absolute Gasteiger partial charge is 0.481 e. The number of aryl methyl sites for hydroxylation is 3. The maximum absolute atomic E-state index is 11.5. The summed E-state index contributed by atoms with van der Waals surface area (Å²) in [7, 11) is 0. The zero-order chi connectivity index (χ0) is 37.6. The van der Waals surface area contributed by atoms with Gasteiger partial charge in [-0.05, 0) is 98.2 Å². The van der Waals surface area contributed by atoms with E-state index in [0.29, 0.717) is 23.4 Å². The van der Waals surface area contributed by atoms with Crippen molar-refractivity contribution in [1.29, 1.82) is 0 Å². The van der Waals surface area contributed by atoms with E-state index < -0.39 is 37.9 Å². The number of aliphatic carboxylic acids is 2. The van der Waals surface area contributed by atoms with Gasteiger partial charge in [0.25, 0.3) is 5.91 Å². The first kappa shape index (κ1) is 38.2. The predicted molar refractivity (Wildman–Crippen MR) is 197 cm³/mol. The van der Waals surface area contributed by atoms with Crippen LogP contribution in [0.15, 0.2) is 43.5 Å². The van der Waals surface area contributed by atoms with Crippen LogP contribution in [0.4, 0.5) is 0 Å². The SMILES string of the molecule is C=CC1=C(C)c2cc3[nH]c(cc4nc(cc5[nH]c(cc1n2)c(C)c5CCC(=O)O)C(CCC(=O)O)=C4C)c(C)c3C=C.O=C(CO)N(CO)CO. The second kappa shape index (κ2) is 16.4. The molecule has 2 aliphatic rings. The first-order valence-corrected chi connectivity index (χ1v) is 16.2. The molecule has 13 heteroatoms. The van der Waals surface area contributed by atoms with Gasteiger partial charge in [0, 0.05) is 46.0 Å². The lowest BCUT2D eigenvalue weighted by Crippen LogP contribution is -2.34. The third kappa shape index (κ3) is 8.23. The molecule has 3 aromatic rings. The Bertz CT molecular complexity index is 2130. The van der Waals surface area contributed by atoms with E-state index in [-0.39, 0.29) is 12.8 Å². The molecule has 0 fully saturated rings. The highest BCUT2D eigenvalue weighted by Gasteiger charge is 2.21. The van der Waals surface area contributed by atoms with Gasteiger partial charge in [0.05, 0.1) is 22.8 Å². The smallest absolute Gasteiger partial charge is 0.303 e. The Morgan fingerprint density at radius 2 is 1.24 bits per heavy atom. The standard InChI is InChI=1S/C34H34N4O4.C4H9NO4/c1-7-21-17(3)25-13-26-19(5)23(9-11-33(39)40)31(37-26)16-32-24(10-12-34(41)42)20(6)28(38-32)15-30-22(8-2)18(4)27(36-30)14-29(21)35-25;6-1-4(9)5(2-7)3-8/h7-8,13-16,35,38H,1-2,9-12H2,3-6H3,(H,39,40)(H,41,42);6-8H,1-3H2. The molecule has 2 aliphatic heterocycles. The molecular formula is C38H43N5O8. The van der Waals surface area contributed by atoms with Gasteiger partial charge in [0.15, 0.2) is 0 Å². The molecule has 0 saturated heterocycles. The monoisotopic (exact) mass is 697 g/mol. The third-order valence-electron chi connectivity index (χ3n) is 9.05. The van der Waals surface area contributed by atoms with Crippen molar-refractivity contribution in [3.63, 3.8) is 0 Å². The van der Waals surface area contributed by atoms with Crippen molar-refractivity contribution < 1.29 is 39.9 Å². The van der Waals surface area contributed by atoms with Gasteiger partial charge in [-0.25, -0.2) is 9.97 Å². The van der Waals surface area contributed by atoms with Crippen molar-refractivity contribution >= 4 is 68.3 Å². The van der Waals surface area contributed by atoms with Crippen molar-refractivity contribution in [1.82, 2.24) is 24.8 Å². The van der Waals surface area contributed by atoms with Crippen molar-refractivity contribution in [2.24, 2.45) is 0 Å². The number of nitrogens with zero attached hydrogens (tertiary/aromatic N) is 3. The van der Waals surface area contributed by atoms with Gasteiger partial charge < -0.3 is 35.5 Å². The Morgan fingerprint density at radius 3 is 1.80 bits per heavy atom. The average molecular weight is 698 g/mol. The Kier molecular flexibility index (Phi) is 12.3. The van der Waals surface area contributed by atoms with Crippen LogP contribution >= 0.6 is 0 Å². The van der Waals surface area contributed by atoms with Crippen molar-refractivity contribution in [2.75, 3.05) is 20.1 Å². The molecule has 0 aliphatic carbocycles. The fraction of sp³-hybridized carbons (Fsp3) is 0.289. The number of aliphatic hydroxyl groups is 3. The van der Waals surface area contributed by atoms with E-state index in [2.05, 4.69) is 23.1 Å². The normalized spacial score (nSPS) is 12.4. The molecule has 3 aromatic heterocycles. The van der Waals surface area contributed by atoms with E-state index in [1.165, 1.54) is 0 Å². The lowest BCUT2D eigenvalue weighted by atomic mass is 10.0. The molecule has 51 heavy (non-hydrogen) atoms. The van der Waals surface area contributed by atoms with Crippen LogP contribution in [0.25, 0.3) is 50.4 Å². The summed E-state index contributed by atoms with van der Waals surface area (Å²) >= 11 is 0. The molecule has 0 unspecified atom stereocenters. The average Bonchev–Trinajstić information content (AvgIpc) is 3.76. The number of aliphatic hydroxyl groups excluding tert-OH is 3. The van der Waals surface area contributed by atoms with Crippen LogP contribution in [-0.2, 0) is 20.8 Å². The summed E-state index contributed by atoms with van der Waals surface area (Å²) in [6.07, 6.45) is 4.22. The minimum absolute atomic E-state index is 0.0259. The van der Waals surface area contributed by atoms with Crippen LogP contribution < -0.4 is 0 Å². The van der Waals surface area contributed by atoms with E-state index >= 15 is 0 Å². The van der Waals surface area contributed by atoms with Gasteiger partial charge in [-0.2, -0.15) is 0 Å². The van der Waals surface area contributed by atoms with Gasteiger partial charge in [0.2, 0.25) is 0 Å². The number of fused-ring (bicyclic) bond motifs is 8. The number of carbonyl (C=O) groups is 3. The minimum Gasteiger partial charge on any atom is -0.481 e. The van der Waals surface area contributed by atoms with Gasteiger partial charge >= 0.3 is 11.9 Å². The van der Waals surface area contributed by atoms with Crippen molar-refractivity contribution in [2.45, 2.75) is 53.4 Å². The molecule has 268 valence electrons. The van der Waals surface area contributed by atoms with Crippen LogP contribution in [0.3, 0.4) is 0 Å². The Morgan fingerprint density at radius 1 is 0.706 bits per heavy atom. The van der Waals surface area contributed by atoms with Crippen LogP contribution in [-0.4, -0.2) is 88.3 Å². The van der Waals surface area contributed by atoms with E-state index in [0.717, 1.165) is 83.7 Å². The fourth-order valence-corrected chi connectivity index (χ4v) is 6.07. The Hall–Kier alpha value is -5.63. The number of hydrogen-bond acceptors (Lipinski definition) is 8. The van der Waals surface area contributed by atoms with Gasteiger partial charge in [-0.1, -0.05) is 25.3 Å². The molecule has 0 aromatic carbocycles. The first-order chi connectivity index (χ1) is 24.3. The number of hydrogen-bond donors (Lipinski definition) is 7. The Labute approximate surface area is 294 Å². The van der Waals surface area contributed by atoms with E-state index in [4.69, 9.17) is 25.3 Å². The Balaban J connectivity index is 0.000000573. The fourth-order valence-electron chi connectivity index (χ4n) is 6.07. The molecule has 5 rings (SSSR count). The molecule has 5 heterocycles. The number of amides is 1. The van der Waals surface area contributed by atoms with E-state index in [9.17, 15) is 24.6 Å². The summed E-state index contributed by atoms with van der Waals surface area (Å²) < 4.78 is 0. The number of nitrogens with one attached hydrogen (secondary N) is 2. The number of rotatable bonds is 11. The van der Waals surface area contributed by atoms with Crippen molar-refractivity contribution in [3.05, 3.63) is 88.5 Å². The summed E-state index contributed by atoms with van der Waals surface area (Å²) in [6.45, 7) is 14.2. The van der Waals surface area contributed by atoms with Gasteiger partial charge in [0.1, 0.15) is 20.1 Å². The number of H-pyrrole nitrogens is 2. The van der Waals surface area contributed by atoms with Crippen LogP contribution in [0, 0.1) is 13.8 Å². The van der Waals surface area contributed by atoms with E-state index in [1.807, 2.05) is 58.0 Å². The third-order valence-corrected chi connectivity index (χ3v) is 9.05. The lowest BCUT2D eigenvalue weighted by Gasteiger charge is -2.13. The number of aromatic nitrogens is 4. The summed E-state index contributed by atoms with van der Waals surface area (Å²) in [4.78, 5) is 51.0. The second-order valence-electron chi connectivity index (χ2n) is 12.1. The topological polar surface area (TPSA) is 213 Å². The molecule has 13 nitrogen and oxygen atoms in total. The highest BCUT2D eigenvalue weighted by Crippen LogP contribution is 2.36. The number of aromatic amines is 2. The molecule has 8 bridgehead atoms. The summed E-state index contributed by atoms with van der Waals surface area (Å²) in [5.74, 6) is -2.46. The number of carbonyl (C=O) groups excluding carboxylic acids is 1. The molecule has 0 radical (unpaired) electrons. The highest BCUT2D eigenvalue weighted by molar-refractivity contribution is 5.98. The maximum atomic E-state index is 11.5. The van der Waals surface area contributed by atoms with Gasteiger partial charge in [-0.15, -0.1) is 0 Å². The summed E-state index contributed by atoms with van der Waals surface area (Å²) in [6, 6.07) is 7.88. The van der Waals surface area contributed by atoms with Crippen LogP contribution in [0.1, 0.15) is 78.1 Å². The molecule has 1 amide bonds. The zero-order valence-electron chi connectivity index (χ0n) is 29.1.